The number of hydrogen-bond donors (Lipinski definition) is 1. The van der Waals surface area contributed by atoms with Crippen LogP contribution in [0.25, 0.3) is 0 Å². The Morgan fingerprint density at radius 3 is 2.67 bits per heavy atom. The van der Waals surface area contributed by atoms with Gasteiger partial charge in [-0.15, -0.1) is 11.6 Å². The SMILES string of the molecule is OC(CCl)COc1c(F)cc(F)cc1Br. The molecule has 0 fully saturated rings. The first-order valence-electron chi connectivity index (χ1n) is 4.06. The minimum absolute atomic E-state index is 0.0135. The van der Waals surface area contributed by atoms with Gasteiger partial charge in [-0.05, 0) is 22.0 Å². The molecule has 15 heavy (non-hydrogen) atoms. The first-order chi connectivity index (χ1) is 7.04. The van der Waals surface area contributed by atoms with Crippen molar-refractivity contribution in [3.8, 4) is 5.75 Å². The summed E-state index contributed by atoms with van der Waals surface area (Å²) in [5.74, 6) is -1.69. The molecule has 0 aliphatic heterocycles. The Morgan fingerprint density at radius 2 is 2.13 bits per heavy atom. The van der Waals surface area contributed by atoms with Gasteiger partial charge in [-0.2, -0.15) is 0 Å². The molecule has 0 radical (unpaired) electrons. The summed E-state index contributed by atoms with van der Waals surface area (Å²) in [6, 6.07) is 1.78. The Morgan fingerprint density at radius 1 is 1.47 bits per heavy atom. The molecule has 0 aliphatic carbocycles. The molecule has 0 heterocycles. The minimum atomic E-state index is -0.886. The Bertz CT molecular complexity index is 326. The lowest BCUT2D eigenvalue weighted by atomic mass is 10.3. The van der Waals surface area contributed by atoms with E-state index in [1.807, 2.05) is 0 Å². The van der Waals surface area contributed by atoms with Crippen molar-refractivity contribution in [3.63, 3.8) is 0 Å². The third kappa shape index (κ3) is 3.59. The van der Waals surface area contributed by atoms with Crippen molar-refractivity contribution >= 4 is 27.5 Å². The zero-order chi connectivity index (χ0) is 11.4. The maximum absolute atomic E-state index is 13.2. The van der Waals surface area contributed by atoms with Crippen LogP contribution in [-0.4, -0.2) is 23.7 Å². The van der Waals surface area contributed by atoms with Gasteiger partial charge in [-0.25, -0.2) is 8.78 Å². The molecule has 1 rings (SSSR count). The first-order valence-corrected chi connectivity index (χ1v) is 5.38. The van der Waals surface area contributed by atoms with Crippen LogP contribution in [0.1, 0.15) is 0 Å². The van der Waals surface area contributed by atoms with Gasteiger partial charge in [0.2, 0.25) is 0 Å². The van der Waals surface area contributed by atoms with Gasteiger partial charge in [0.15, 0.2) is 11.6 Å². The molecule has 0 bridgehead atoms. The summed E-state index contributed by atoms with van der Waals surface area (Å²) in [6.07, 6.45) is -0.886. The van der Waals surface area contributed by atoms with Crippen molar-refractivity contribution in [3.05, 3.63) is 28.2 Å². The molecule has 0 saturated heterocycles. The molecule has 1 unspecified atom stereocenters. The van der Waals surface area contributed by atoms with E-state index in [0.717, 1.165) is 6.07 Å². The Labute approximate surface area is 98.9 Å². The molecule has 0 saturated carbocycles. The largest absolute Gasteiger partial charge is 0.487 e. The number of rotatable bonds is 4. The van der Waals surface area contributed by atoms with Gasteiger partial charge >= 0.3 is 0 Å². The molecule has 84 valence electrons. The zero-order valence-corrected chi connectivity index (χ0v) is 9.86. The summed E-state index contributed by atoms with van der Waals surface area (Å²) in [6.45, 7) is -0.148. The number of ether oxygens (including phenoxy) is 1. The van der Waals surface area contributed by atoms with E-state index in [-0.39, 0.29) is 22.7 Å². The average Bonchev–Trinajstić information content (AvgIpc) is 2.15. The summed E-state index contributed by atoms with van der Waals surface area (Å²) < 4.78 is 30.9. The van der Waals surface area contributed by atoms with E-state index in [2.05, 4.69) is 15.9 Å². The van der Waals surface area contributed by atoms with Crippen LogP contribution in [0.4, 0.5) is 8.78 Å². The van der Waals surface area contributed by atoms with Gasteiger partial charge in [0, 0.05) is 6.07 Å². The van der Waals surface area contributed by atoms with E-state index < -0.39 is 17.7 Å². The fourth-order valence-electron chi connectivity index (χ4n) is 0.891. The molecule has 0 amide bonds. The van der Waals surface area contributed by atoms with Crippen LogP contribution in [-0.2, 0) is 0 Å². The third-order valence-corrected chi connectivity index (χ3v) is 2.51. The first kappa shape index (κ1) is 12.7. The van der Waals surface area contributed by atoms with Crippen LogP contribution in [0.15, 0.2) is 16.6 Å². The summed E-state index contributed by atoms with van der Waals surface area (Å²) >= 11 is 8.28. The lowest BCUT2D eigenvalue weighted by Crippen LogP contribution is -2.19. The van der Waals surface area contributed by atoms with E-state index in [4.69, 9.17) is 21.4 Å². The number of aliphatic hydroxyl groups is 1. The second-order valence-corrected chi connectivity index (χ2v) is 3.98. The van der Waals surface area contributed by atoms with Gasteiger partial charge in [0.05, 0.1) is 10.4 Å². The van der Waals surface area contributed by atoms with Crippen LogP contribution >= 0.6 is 27.5 Å². The maximum atomic E-state index is 13.2. The standard InChI is InChI=1S/C9H8BrClF2O2/c10-7-1-5(12)2-8(13)9(7)15-4-6(14)3-11/h1-2,6,14H,3-4H2. The highest BCUT2D eigenvalue weighted by atomic mass is 79.9. The van der Waals surface area contributed by atoms with Gasteiger partial charge in [0.25, 0.3) is 0 Å². The quantitative estimate of drug-likeness (QED) is 0.867. The minimum Gasteiger partial charge on any atom is -0.487 e. The smallest absolute Gasteiger partial charge is 0.169 e. The molecule has 1 N–H and O–H groups in total. The summed E-state index contributed by atoms with van der Waals surface area (Å²) in [7, 11) is 0. The molecule has 1 aromatic rings. The Hall–Kier alpha value is -0.390. The van der Waals surface area contributed by atoms with Crippen molar-refractivity contribution in [2.45, 2.75) is 6.10 Å². The number of halogens is 4. The second kappa shape index (κ2) is 5.63. The highest BCUT2D eigenvalue weighted by Crippen LogP contribution is 2.29. The van der Waals surface area contributed by atoms with E-state index in [1.54, 1.807) is 0 Å². The maximum Gasteiger partial charge on any atom is 0.169 e. The number of benzene rings is 1. The van der Waals surface area contributed by atoms with Crippen molar-refractivity contribution in [1.82, 2.24) is 0 Å². The fourth-order valence-corrected chi connectivity index (χ4v) is 1.50. The van der Waals surface area contributed by atoms with Crippen molar-refractivity contribution in [2.75, 3.05) is 12.5 Å². The normalized spacial score (nSPS) is 12.6. The molecule has 2 nitrogen and oxygen atoms in total. The lowest BCUT2D eigenvalue weighted by molar-refractivity contribution is 0.122. The van der Waals surface area contributed by atoms with E-state index in [9.17, 15) is 8.78 Å². The molecular weight excluding hydrogens is 293 g/mol. The average molecular weight is 302 g/mol. The molecule has 0 aliphatic rings. The fraction of sp³-hybridized carbons (Fsp3) is 0.333. The van der Waals surface area contributed by atoms with E-state index in [0.29, 0.717) is 6.07 Å². The second-order valence-electron chi connectivity index (χ2n) is 2.82. The molecular formula is C9H8BrClF2O2. The van der Waals surface area contributed by atoms with Gasteiger partial charge in [-0.1, -0.05) is 0 Å². The Balaban J connectivity index is 2.77. The van der Waals surface area contributed by atoms with Crippen LogP contribution in [0.2, 0.25) is 0 Å². The predicted molar refractivity (Wildman–Crippen MR) is 56.3 cm³/mol. The number of aliphatic hydroxyl groups excluding tert-OH is 1. The monoisotopic (exact) mass is 300 g/mol. The molecule has 6 heteroatoms. The topological polar surface area (TPSA) is 29.5 Å². The van der Waals surface area contributed by atoms with E-state index in [1.165, 1.54) is 0 Å². The summed E-state index contributed by atoms with van der Waals surface area (Å²) in [5, 5.41) is 9.09. The number of hydrogen-bond acceptors (Lipinski definition) is 2. The third-order valence-electron chi connectivity index (χ3n) is 1.56. The van der Waals surface area contributed by atoms with Gasteiger partial charge < -0.3 is 9.84 Å². The molecule has 1 atom stereocenters. The lowest BCUT2D eigenvalue weighted by Gasteiger charge is -2.11. The van der Waals surface area contributed by atoms with Crippen LogP contribution in [0.5, 0.6) is 5.75 Å². The number of alkyl halides is 1. The molecule has 0 aromatic heterocycles. The molecule has 1 aromatic carbocycles. The Kier molecular flexibility index (Phi) is 4.76. The van der Waals surface area contributed by atoms with Crippen molar-refractivity contribution in [1.29, 1.82) is 0 Å². The van der Waals surface area contributed by atoms with Crippen LogP contribution in [0.3, 0.4) is 0 Å². The van der Waals surface area contributed by atoms with Crippen LogP contribution < -0.4 is 4.74 Å². The highest BCUT2D eigenvalue weighted by Gasteiger charge is 2.12. The zero-order valence-electron chi connectivity index (χ0n) is 7.51. The van der Waals surface area contributed by atoms with E-state index >= 15 is 0 Å². The van der Waals surface area contributed by atoms with Gasteiger partial charge in [-0.3, -0.25) is 0 Å². The summed E-state index contributed by atoms with van der Waals surface area (Å²) in [4.78, 5) is 0. The summed E-state index contributed by atoms with van der Waals surface area (Å²) in [5.41, 5.74) is 0. The van der Waals surface area contributed by atoms with Gasteiger partial charge in [0.1, 0.15) is 18.5 Å². The van der Waals surface area contributed by atoms with Crippen LogP contribution in [0, 0.1) is 11.6 Å². The molecule has 0 spiro atoms. The highest BCUT2D eigenvalue weighted by molar-refractivity contribution is 9.10. The van der Waals surface area contributed by atoms with Crippen molar-refractivity contribution in [2.24, 2.45) is 0 Å². The van der Waals surface area contributed by atoms with Crippen molar-refractivity contribution < 1.29 is 18.6 Å². The predicted octanol–water partition coefficient (Wildman–Crippen LogP) is 2.71.